The Kier molecular flexibility index (Phi) is 5.95. The Morgan fingerprint density at radius 1 is 0.933 bits per heavy atom. The number of piperidine rings is 1. The van der Waals surface area contributed by atoms with Gasteiger partial charge >= 0.3 is 0 Å². The standard InChI is InChI=1S/C12H24N2.ClH/c13-12-7-3-2-6-11(12)10-14-8-4-1-5-9-14;/h11-12H,1-10,13H2;1H/t11-,12+;/m0./s1. The second-order valence-electron chi connectivity index (χ2n) is 5.07. The molecule has 1 heterocycles. The van der Waals surface area contributed by atoms with E-state index < -0.39 is 0 Å². The molecule has 0 aromatic carbocycles. The summed E-state index contributed by atoms with van der Waals surface area (Å²) in [6, 6.07) is 0.491. The zero-order valence-electron chi connectivity index (χ0n) is 9.66. The van der Waals surface area contributed by atoms with E-state index in [4.69, 9.17) is 5.73 Å². The van der Waals surface area contributed by atoms with Crippen LogP contribution in [0.2, 0.25) is 0 Å². The first-order valence-corrected chi connectivity index (χ1v) is 6.34. The monoisotopic (exact) mass is 232 g/mol. The van der Waals surface area contributed by atoms with E-state index in [1.54, 1.807) is 0 Å². The van der Waals surface area contributed by atoms with E-state index >= 15 is 0 Å². The maximum absolute atomic E-state index is 6.17. The molecular formula is C12H25ClN2. The molecule has 3 heteroatoms. The summed E-state index contributed by atoms with van der Waals surface area (Å²) in [7, 11) is 0. The van der Waals surface area contributed by atoms with Crippen LogP contribution >= 0.6 is 12.4 Å². The molecule has 2 aliphatic rings. The lowest BCUT2D eigenvalue weighted by atomic mass is 9.84. The molecule has 0 unspecified atom stereocenters. The fraction of sp³-hybridized carbons (Fsp3) is 1.00. The summed E-state index contributed by atoms with van der Waals surface area (Å²) < 4.78 is 0. The fourth-order valence-electron chi connectivity index (χ4n) is 2.94. The minimum absolute atomic E-state index is 0. The Morgan fingerprint density at radius 3 is 2.27 bits per heavy atom. The van der Waals surface area contributed by atoms with Crippen molar-refractivity contribution in [3.63, 3.8) is 0 Å². The minimum Gasteiger partial charge on any atom is -0.327 e. The van der Waals surface area contributed by atoms with Crippen molar-refractivity contribution in [3.8, 4) is 0 Å². The molecule has 1 aliphatic heterocycles. The lowest BCUT2D eigenvalue weighted by Crippen LogP contribution is -2.42. The van der Waals surface area contributed by atoms with Gasteiger partial charge < -0.3 is 10.6 Å². The maximum Gasteiger partial charge on any atom is 0.00793 e. The van der Waals surface area contributed by atoms with Gasteiger partial charge in [-0.05, 0) is 44.7 Å². The first-order chi connectivity index (χ1) is 6.86. The molecule has 1 aliphatic carbocycles. The molecule has 0 radical (unpaired) electrons. The van der Waals surface area contributed by atoms with Crippen molar-refractivity contribution in [3.05, 3.63) is 0 Å². The van der Waals surface area contributed by atoms with Crippen LogP contribution in [0.25, 0.3) is 0 Å². The number of rotatable bonds is 2. The van der Waals surface area contributed by atoms with Crippen LogP contribution in [0.3, 0.4) is 0 Å². The zero-order chi connectivity index (χ0) is 9.80. The molecule has 0 aromatic rings. The van der Waals surface area contributed by atoms with Crippen molar-refractivity contribution in [1.82, 2.24) is 4.90 Å². The van der Waals surface area contributed by atoms with E-state index in [0.29, 0.717) is 6.04 Å². The molecule has 2 atom stereocenters. The van der Waals surface area contributed by atoms with E-state index in [0.717, 1.165) is 5.92 Å². The predicted octanol–water partition coefficient (Wildman–Crippen LogP) is 2.41. The summed E-state index contributed by atoms with van der Waals surface area (Å²) in [6.45, 7) is 3.92. The minimum atomic E-state index is 0. The summed E-state index contributed by atoms with van der Waals surface area (Å²) in [6.07, 6.45) is 9.65. The zero-order valence-corrected chi connectivity index (χ0v) is 10.5. The van der Waals surface area contributed by atoms with Gasteiger partial charge in [-0.15, -0.1) is 12.4 Å². The Bertz CT molecular complexity index is 169. The number of nitrogens with two attached hydrogens (primary N) is 1. The van der Waals surface area contributed by atoms with Crippen LogP contribution in [0.1, 0.15) is 44.9 Å². The fourth-order valence-corrected chi connectivity index (χ4v) is 2.94. The molecule has 1 saturated heterocycles. The Hall–Kier alpha value is 0.210. The van der Waals surface area contributed by atoms with Crippen molar-refractivity contribution in [2.75, 3.05) is 19.6 Å². The van der Waals surface area contributed by atoms with E-state index in [1.807, 2.05) is 0 Å². The second-order valence-corrected chi connectivity index (χ2v) is 5.07. The van der Waals surface area contributed by atoms with Crippen LogP contribution in [-0.4, -0.2) is 30.6 Å². The van der Waals surface area contributed by atoms with Crippen LogP contribution in [0.4, 0.5) is 0 Å². The molecule has 2 N–H and O–H groups in total. The molecule has 90 valence electrons. The second kappa shape index (κ2) is 6.72. The van der Waals surface area contributed by atoms with Gasteiger partial charge in [-0.1, -0.05) is 19.3 Å². The van der Waals surface area contributed by atoms with Gasteiger partial charge in [0.05, 0.1) is 0 Å². The van der Waals surface area contributed by atoms with Gasteiger partial charge in [-0.25, -0.2) is 0 Å². The van der Waals surface area contributed by atoms with Crippen LogP contribution in [0.15, 0.2) is 0 Å². The smallest absolute Gasteiger partial charge is 0.00793 e. The molecule has 0 amide bonds. The summed E-state index contributed by atoms with van der Waals surface area (Å²) >= 11 is 0. The lowest BCUT2D eigenvalue weighted by Gasteiger charge is -2.35. The molecule has 2 rings (SSSR count). The Morgan fingerprint density at radius 2 is 1.60 bits per heavy atom. The molecule has 1 saturated carbocycles. The highest BCUT2D eigenvalue weighted by Crippen LogP contribution is 2.24. The number of likely N-dealkylation sites (tertiary alicyclic amines) is 1. The van der Waals surface area contributed by atoms with E-state index in [2.05, 4.69) is 4.90 Å². The van der Waals surface area contributed by atoms with Gasteiger partial charge in [-0.3, -0.25) is 0 Å². The van der Waals surface area contributed by atoms with Gasteiger partial charge in [0.1, 0.15) is 0 Å². The van der Waals surface area contributed by atoms with Crippen molar-refractivity contribution in [2.24, 2.45) is 11.7 Å². The van der Waals surface area contributed by atoms with E-state index in [9.17, 15) is 0 Å². The van der Waals surface area contributed by atoms with Crippen molar-refractivity contribution in [2.45, 2.75) is 51.0 Å². The van der Waals surface area contributed by atoms with Crippen LogP contribution < -0.4 is 5.73 Å². The number of hydrogen-bond acceptors (Lipinski definition) is 2. The van der Waals surface area contributed by atoms with Crippen LogP contribution in [0.5, 0.6) is 0 Å². The van der Waals surface area contributed by atoms with Gasteiger partial charge in [0.25, 0.3) is 0 Å². The van der Waals surface area contributed by atoms with Crippen LogP contribution in [-0.2, 0) is 0 Å². The van der Waals surface area contributed by atoms with Crippen molar-refractivity contribution >= 4 is 12.4 Å². The van der Waals surface area contributed by atoms with Crippen molar-refractivity contribution in [1.29, 1.82) is 0 Å². The van der Waals surface area contributed by atoms with Gasteiger partial charge in [0.15, 0.2) is 0 Å². The Labute approximate surface area is 100.0 Å². The molecule has 0 bridgehead atoms. The normalized spacial score (nSPS) is 33.4. The summed E-state index contributed by atoms with van der Waals surface area (Å²) in [5.74, 6) is 0.793. The number of hydrogen-bond donors (Lipinski definition) is 1. The largest absolute Gasteiger partial charge is 0.327 e. The molecule has 15 heavy (non-hydrogen) atoms. The Balaban J connectivity index is 0.00000112. The molecule has 2 nitrogen and oxygen atoms in total. The third kappa shape index (κ3) is 3.93. The van der Waals surface area contributed by atoms with E-state index in [1.165, 1.54) is 64.6 Å². The van der Waals surface area contributed by atoms with Gasteiger partial charge in [-0.2, -0.15) is 0 Å². The molecule has 2 fully saturated rings. The van der Waals surface area contributed by atoms with Crippen LogP contribution in [0, 0.1) is 5.92 Å². The summed E-state index contributed by atoms with van der Waals surface area (Å²) in [5.41, 5.74) is 6.17. The highest BCUT2D eigenvalue weighted by molar-refractivity contribution is 5.85. The highest BCUT2D eigenvalue weighted by atomic mass is 35.5. The lowest BCUT2D eigenvalue weighted by molar-refractivity contribution is 0.161. The van der Waals surface area contributed by atoms with Gasteiger partial charge in [0.2, 0.25) is 0 Å². The highest BCUT2D eigenvalue weighted by Gasteiger charge is 2.24. The third-order valence-corrected chi connectivity index (χ3v) is 3.91. The molecule has 0 aromatic heterocycles. The number of nitrogens with zero attached hydrogens (tertiary/aromatic N) is 1. The van der Waals surface area contributed by atoms with Crippen molar-refractivity contribution < 1.29 is 0 Å². The summed E-state index contributed by atoms with van der Waals surface area (Å²) in [4.78, 5) is 2.64. The third-order valence-electron chi connectivity index (χ3n) is 3.91. The average molecular weight is 233 g/mol. The first-order valence-electron chi connectivity index (χ1n) is 6.34. The molecular weight excluding hydrogens is 208 g/mol. The SMILES string of the molecule is Cl.N[C@@H]1CCCC[C@H]1CN1CCCCC1. The topological polar surface area (TPSA) is 29.3 Å². The number of halogens is 1. The predicted molar refractivity (Wildman–Crippen MR) is 67.5 cm³/mol. The van der Waals surface area contributed by atoms with E-state index in [-0.39, 0.29) is 12.4 Å². The first kappa shape index (κ1) is 13.3. The summed E-state index contributed by atoms with van der Waals surface area (Å²) in [5, 5.41) is 0. The van der Waals surface area contributed by atoms with Gasteiger partial charge in [0, 0.05) is 12.6 Å². The quantitative estimate of drug-likeness (QED) is 0.793. The molecule has 0 spiro atoms. The maximum atomic E-state index is 6.17. The average Bonchev–Trinajstić information content (AvgIpc) is 2.23.